The molecule has 3 aromatic rings. The number of methoxy groups -OCH3 is 1. The van der Waals surface area contributed by atoms with Crippen LogP contribution in [0.15, 0.2) is 30.7 Å². The smallest absolute Gasteiger partial charge is 0.163 e. The molecule has 0 saturated heterocycles. The second kappa shape index (κ2) is 5.06. The molecule has 0 aliphatic heterocycles. The van der Waals surface area contributed by atoms with E-state index in [1.165, 1.54) is 6.33 Å². The molecule has 2 aromatic heterocycles. The molecule has 0 atom stereocenters. The fourth-order valence-corrected chi connectivity index (χ4v) is 1.98. The Hall–Kier alpha value is -3.20. The number of hydrogen-bond donors (Lipinski definition) is 1. The average Bonchev–Trinajstić information content (AvgIpc) is 2.54. The highest BCUT2D eigenvalue weighted by Gasteiger charge is 2.12. The zero-order valence-corrected chi connectivity index (χ0v) is 11.2. The van der Waals surface area contributed by atoms with E-state index in [9.17, 15) is 0 Å². The Morgan fingerprint density at radius 2 is 2.10 bits per heavy atom. The number of hydrogen-bond acceptors (Lipinski definition) is 6. The molecule has 0 unspecified atom stereocenters. The van der Waals surface area contributed by atoms with E-state index in [2.05, 4.69) is 25.9 Å². The molecule has 0 spiro atoms. The molecule has 6 heteroatoms. The number of anilines is 1. The van der Waals surface area contributed by atoms with Crippen LogP contribution in [0.3, 0.4) is 0 Å². The first kappa shape index (κ1) is 12.8. The van der Waals surface area contributed by atoms with Crippen LogP contribution in [-0.4, -0.2) is 27.0 Å². The second-order valence-corrected chi connectivity index (χ2v) is 4.25. The van der Waals surface area contributed by atoms with Crippen molar-refractivity contribution in [2.75, 3.05) is 12.8 Å². The normalized spacial score (nSPS) is 10.3. The minimum Gasteiger partial charge on any atom is -0.496 e. The van der Waals surface area contributed by atoms with Crippen molar-refractivity contribution < 1.29 is 4.74 Å². The number of aromatic nitrogens is 4. The van der Waals surface area contributed by atoms with E-state index in [0.717, 1.165) is 0 Å². The minimum absolute atomic E-state index is 0.302. The van der Waals surface area contributed by atoms with Crippen LogP contribution in [-0.2, 0) is 0 Å². The zero-order valence-electron chi connectivity index (χ0n) is 11.2. The molecule has 1 aromatic carbocycles. The summed E-state index contributed by atoms with van der Waals surface area (Å²) in [6.07, 6.45) is 8.40. The predicted octanol–water partition coefficient (Wildman–Crippen LogP) is 1.66. The molecule has 3 rings (SSSR count). The van der Waals surface area contributed by atoms with Crippen LogP contribution in [0.1, 0.15) is 5.56 Å². The van der Waals surface area contributed by atoms with Crippen LogP contribution in [0.4, 0.5) is 5.82 Å². The van der Waals surface area contributed by atoms with E-state index in [0.29, 0.717) is 39.6 Å². The monoisotopic (exact) mass is 277 g/mol. The third-order valence-electron chi connectivity index (χ3n) is 3.01. The van der Waals surface area contributed by atoms with Gasteiger partial charge in [-0.1, -0.05) is 5.92 Å². The molecule has 2 heterocycles. The molecule has 0 fully saturated rings. The van der Waals surface area contributed by atoms with E-state index in [1.807, 2.05) is 0 Å². The Bertz CT molecular complexity index is 870. The summed E-state index contributed by atoms with van der Waals surface area (Å²) in [6.45, 7) is 0. The van der Waals surface area contributed by atoms with Gasteiger partial charge in [-0.2, -0.15) is 0 Å². The Balaban J connectivity index is 2.25. The molecule has 21 heavy (non-hydrogen) atoms. The van der Waals surface area contributed by atoms with Gasteiger partial charge < -0.3 is 10.5 Å². The first-order valence-electron chi connectivity index (χ1n) is 6.11. The van der Waals surface area contributed by atoms with Gasteiger partial charge in [0, 0.05) is 5.56 Å². The highest BCUT2D eigenvalue weighted by molar-refractivity contribution is 5.84. The van der Waals surface area contributed by atoms with E-state index >= 15 is 0 Å². The third-order valence-corrected chi connectivity index (χ3v) is 3.01. The van der Waals surface area contributed by atoms with Gasteiger partial charge in [-0.3, -0.25) is 0 Å². The van der Waals surface area contributed by atoms with Gasteiger partial charge in [0.25, 0.3) is 0 Å². The molecule has 0 aliphatic carbocycles. The molecule has 2 N–H and O–H groups in total. The van der Waals surface area contributed by atoms with Crippen molar-refractivity contribution in [1.29, 1.82) is 0 Å². The zero-order chi connectivity index (χ0) is 14.8. The molecule has 0 saturated carbocycles. The molecule has 0 bridgehead atoms. The molecular formula is C15H11N5O. The lowest BCUT2D eigenvalue weighted by Gasteiger charge is -2.08. The largest absolute Gasteiger partial charge is 0.496 e. The Morgan fingerprint density at radius 3 is 2.86 bits per heavy atom. The van der Waals surface area contributed by atoms with Crippen molar-refractivity contribution in [1.82, 2.24) is 19.9 Å². The van der Waals surface area contributed by atoms with Crippen LogP contribution < -0.4 is 10.5 Å². The number of nitrogen functional groups attached to an aromatic ring is 1. The Labute approximate surface area is 121 Å². The fourth-order valence-electron chi connectivity index (χ4n) is 1.98. The standard InChI is InChI=1S/C15H11N5O/c1-3-9-4-5-12(21-2)10(6-9)15-17-7-11-13(20-15)14(16)19-8-18-11/h1,4-8H,2H3,(H2,16,18,19). The van der Waals surface area contributed by atoms with Crippen LogP contribution >= 0.6 is 0 Å². The van der Waals surface area contributed by atoms with E-state index < -0.39 is 0 Å². The summed E-state index contributed by atoms with van der Waals surface area (Å²) in [5.41, 5.74) is 8.31. The number of nitrogens with zero attached hydrogens (tertiary/aromatic N) is 4. The highest BCUT2D eigenvalue weighted by atomic mass is 16.5. The minimum atomic E-state index is 0.302. The van der Waals surface area contributed by atoms with Crippen molar-refractivity contribution >= 4 is 16.9 Å². The molecule has 6 nitrogen and oxygen atoms in total. The SMILES string of the molecule is C#Cc1ccc(OC)c(-c2ncc3ncnc(N)c3n2)c1. The van der Waals surface area contributed by atoms with Crippen molar-refractivity contribution in [2.45, 2.75) is 0 Å². The maximum absolute atomic E-state index is 5.82. The van der Waals surface area contributed by atoms with Gasteiger partial charge in [-0.15, -0.1) is 6.42 Å². The summed E-state index contributed by atoms with van der Waals surface area (Å²) in [6, 6.07) is 5.36. The lowest BCUT2D eigenvalue weighted by Crippen LogP contribution is -1.99. The van der Waals surface area contributed by atoms with Gasteiger partial charge >= 0.3 is 0 Å². The number of fused-ring (bicyclic) bond motifs is 1. The van der Waals surface area contributed by atoms with Crippen LogP contribution in [0.25, 0.3) is 22.4 Å². The second-order valence-electron chi connectivity index (χ2n) is 4.25. The van der Waals surface area contributed by atoms with Gasteiger partial charge in [0.15, 0.2) is 11.6 Å². The maximum Gasteiger partial charge on any atom is 0.163 e. The van der Waals surface area contributed by atoms with Gasteiger partial charge in [0.2, 0.25) is 0 Å². The topological polar surface area (TPSA) is 86.8 Å². The molecule has 0 amide bonds. The number of benzene rings is 1. The molecule has 0 aliphatic rings. The highest BCUT2D eigenvalue weighted by Crippen LogP contribution is 2.29. The van der Waals surface area contributed by atoms with Crippen LogP contribution in [0.2, 0.25) is 0 Å². The predicted molar refractivity (Wildman–Crippen MR) is 79.5 cm³/mol. The van der Waals surface area contributed by atoms with E-state index in [1.54, 1.807) is 31.5 Å². The van der Waals surface area contributed by atoms with Gasteiger partial charge in [-0.05, 0) is 18.2 Å². The lowest BCUT2D eigenvalue weighted by molar-refractivity contribution is 0.416. The van der Waals surface area contributed by atoms with Crippen LogP contribution in [0, 0.1) is 12.3 Å². The first-order valence-corrected chi connectivity index (χ1v) is 6.11. The molecule has 102 valence electrons. The summed E-state index contributed by atoms with van der Waals surface area (Å²) < 4.78 is 5.33. The maximum atomic E-state index is 5.82. The van der Waals surface area contributed by atoms with Gasteiger partial charge in [0.1, 0.15) is 23.1 Å². The fraction of sp³-hybridized carbons (Fsp3) is 0.0667. The lowest BCUT2D eigenvalue weighted by atomic mass is 10.1. The van der Waals surface area contributed by atoms with Gasteiger partial charge in [0.05, 0.1) is 18.9 Å². The van der Waals surface area contributed by atoms with Crippen molar-refractivity contribution in [3.8, 4) is 29.5 Å². The summed E-state index contributed by atoms with van der Waals surface area (Å²) in [4.78, 5) is 16.7. The van der Waals surface area contributed by atoms with Crippen molar-refractivity contribution in [2.24, 2.45) is 0 Å². The summed E-state index contributed by atoms with van der Waals surface area (Å²) in [7, 11) is 1.58. The Kier molecular flexibility index (Phi) is 3.09. The third kappa shape index (κ3) is 2.21. The van der Waals surface area contributed by atoms with E-state index in [4.69, 9.17) is 16.9 Å². The number of nitrogens with two attached hydrogens (primary N) is 1. The average molecular weight is 277 g/mol. The van der Waals surface area contributed by atoms with E-state index in [-0.39, 0.29) is 0 Å². The first-order chi connectivity index (χ1) is 10.2. The summed E-state index contributed by atoms with van der Waals surface area (Å²) in [5, 5.41) is 0. The quantitative estimate of drug-likeness (QED) is 0.717. The summed E-state index contributed by atoms with van der Waals surface area (Å²) >= 11 is 0. The van der Waals surface area contributed by atoms with Crippen LogP contribution in [0.5, 0.6) is 5.75 Å². The summed E-state index contributed by atoms with van der Waals surface area (Å²) in [5.74, 6) is 3.96. The number of ether oxygens (including phenoxy) is 1. The van der Waals surface area contributed by atoms with Crippen molar-refractivity contribution in [3.05, 3.63) is 36.3 Å². The molecular weight excluding hydrogens is 266 g/mol. The number of terminal acetylenes is 1. The Morgan fingerprint density at radius 1 is 1.24 bits per heavy atom. The molecule has 0 radical (unpaired) electrons. The number of rotatable bonds is 2. The van der Waals surface area contributed by atoms with Gasteiger partial charge in [-0.25, -0.2) is 19.9 Å². The van der Waals surface area contributed by atoms with Crippen molar-refractivity contribution in [3.63, 3.8) is 0 Å².